The topological polar surface area (TPSA) is 78.8 Å². The van der Waals surface area contributed by atoms with E-state index in [9.17, 15) is 15.0 Å². The Morgan fingerprint density at radius 3 is 2.94 bits per heavy atom. The number of hydrogen-bond donors (Lipinski definition) is 3. The summed E-state index contributed by atoms with van der Waals surface area (Å²) in [5, 5.41) is 22.2. The monoisotopic (exact) mass is 271 g/mol. The fraction of sp³-hybridized carbons (Fsp3) is 0.417. The van der Waals surface area contributed by atoms with Crippen molar-refractivity contribution in [3.63, 3.8) is 0 Å². The number of rotatable bonds is 4. The Labute approximate surface area is 109 Å². The molecule has 0 spiro atoms. The van der Waals surface area contributed by atoms with Gasteiger partial charge in [-0.2, -0.15) is 0 Å². The van der Waals surface area contributed by atoms with Gasteiger partial charge >= 0.3 is 0 Å². The number of carbonyl (C=O) groups excluding carboxylic acids is 1. The molecule has 5 nitrogen and oxygen atoms in total. The van der Waals surface area contributed by atoms with Crippen molar-refractivity contribution >= 4 is 23.2 Å². The van der Waals surface area contributed by atoms with E-state index in [1.807, 2.05) is 0 Å². The number of hydrogen-bond acceptors (Lipinski definition) is 4. The third-order valence-corrected chi connectivity index (χ3v) is 2.97. The summed E-state index contributed by atoms with van der Waals surface area (Å²) in [4.78, 5) is 11.1. The highest BCUT2D eigenvalue weighted by Crippen LogP contribution is 2.31. The van der Waals surface area contributed by atoms with E-state index >= 15 is 0 Å². The maximum atomic E-state index is 11.1. The maximum absolute atomic E-state index is 11.1. The van der Waals surface area contributed by atoms with Crippen LogP contribution in [0, 0.1) is 0 Å². The van der Waals surface area contributed by atoms with E-state index in [1.54, 1.807) is 18.2 Å². The molecule has 2 unspecified atom stereocenters. The van der Waals surface area contributed by atoms with Crippen molar-refractivity contribution in [2.24, 2.45) is 0 Å². The maximum Gasteiger partial charge on any atom is 0.262 e. The number of benzene rings is 1. The summed E-state index contributed by atoms with van der Waals surface area (Å²) < 4.78 is 5.24. The molecule has 1 aromatic carbocycles. The summed E-state index contributed by atoms with van der Waals surface area (Å²) in [5.74, 6) is 0.553. The number of nitrogens with one attached hydrogen (secondary N) is 1. The highest BCUT2D eigenvalue weighted by atomic mass is 35.5. The summed E-state index contributed by atoms with van der Waals surface area (Å²) >= 11 is 5.52. The predicted octanol–water partition coefficient (Wildman–Crippen LogP) is 1.04. The van der Waals surface area contributed by atoms with Crippen molar-refractivity contribution in [1.82, 2.24) is 0 Å². The minimum Gasteiger partial charge on any atom is -0.482 e. The number of amides is 1. The molecule has 2 atom stereocenters. The Hall–Kier alpha value is -1.30. The minimum atomic E-state index is -1.02. The number of anilines is 1. The molecule has 98 valence electrons. The van der Waals surface area contributed by atoms with Crippen molar-refractivity contribution in [2.75, 3.05) is 17.8 Å². The molecule has 0 saturated carbocycles. The fourth-order valence-electron chi connectivity index (χ4n) is 1.77. The van der Waals surface area contributed by atoms with Gasteiger partial charge in [0.05, 0.1) is 11.8 Å². The molecule has 0 saturated heterocycles. The van der Waals surface area contributed by atoms with E-state index in [0.29, 0.717) is 23.4 Å². The van der Waals surface area contributed by atoms with Gasteiger partial charge < -0.3 is 20.3 Å². The van der Waals surface area contributed by atoms with Gasteiger partial charge in [-0.25, -0.2) is 0 Å². The summed E-state index contributed by atoms with van der Waals surface area (Å²) in [5.41, 5.74) is 1.09. The third kappa shape index (κ3) is 2.75. The van der Waals surface area contributed by atoms with Crippen LogP contribution in [0.5, 0.6) is 5.75 Å². The molecular formula is C12H14ClNO4. The lowest BCUT2D eigenvalue weighted by molar-refractivity contribution is -0.118. The van der Waals surface area contributed by atoms with Gasteiger partial charge in [0.25, 0.3) is 5.91 Å². The molecule has 0 fully saturated rings. The normalized spacial score (nSPS) is 17.4. The van der Waals surface area contributed by atoms with Crippen LogP contribution >= 0.6 is 11.6 Å². The number of carbonyl (C=O) groups is 1. The standard InChI is InChI=1S/C12H14ClNO4/c13-4-3-9(15)12(17)7-1-2-8-10(5-7)18-6-11(16)14-8/h1-2,5,9,12,15,17H,3-4,6H2,(H,14,16). The molecule has 6 heteroatoms. The van der Waals surface area contributed by atoms with E-state index in [0.717, 1.165) is 0 Å². The molecule has 18 heavy (non-hydrogen) atoms. The van der Waals surface area contributed by atoms with Crippen LogP contribution in [-0.2, 0) is 4.79 Å². The van der Waals surface area contributed by atoms with E-state index in [1.165, 1.54) is 0 Å². The first-order valence-corrected chi connectivity index (χ1v) is 6.14. The average Bonchev–Trinajstić information content (AvgIpc) is 2.37. The quantitative estimate of drug-likeness (QED) is 0.715. The Bertz CT molecular complexity index is 452. The molecule has 1 aliphatic rings. The number of aliphatic hydroxyl groups excluding tert-OH is 2. The second kappa shape index (κ2) is 5.56. The lowest BCUT2D eigenvalue weighted by Gasteiger charge is -2.21. The van der Waals surface area contributed by atoms with Crippen molar-refractivity contribution in [1.29, 1.82) is 0 Å². The van der Waals surface area contributed by atoms with Crippen molar-refractivity contribution in [3.8, 4) is 5.75 Å². The van der Waals surface area contributed by atoms with Crippen LogP contribution in [0.15, 0.2) is 18.2 Å². The molecular weight excluding hydrogens is 258 g/mol. The zero-order valence-electron chi connectivity index (χ0n) is 9.60. The Kier molecular flexibility index (Phi) is 4.06. The number of aliphatic hydroxyl groups is 2. The molecule has 1 aliphatic heterocycles. The highest BCUT2D eigenvalue weighted by Gasteiger charge is 2.21. The Balaban J connectivity index is 2.18. The third-order valence-electron chi connectivity index (χ3n) is 2.75. The van der Waals surface area contributed by atoms with E-state index in [2.05, 4.69) is 5.32 Å². The number of alkyl halides is 1. The van der Waals surface area contributed by atoms with Crippen molar-refractivity contribution < 1.29 is 19.7 Å². The molecule has 3 N–H and O–H groups in total. The molecule has 2 rings (SSSR count). The zero-order valence-corrected chi connectivity index (χ0v) is 10.4. The van der Waals surface area contributed by atoms with Crippen molar-refractivity contribution in [2.45, 2.75) is 18.6 Å². The number of fused-ring (bicyclic) bond motifs is 1. The smallest absolute Gasteiger partial charge is 0.262 e. The molecule has 1 aromatic rings. The average molecular weight is 272 g/mol. The Morgan fingerprint density at radius 2 is 2.22 bits per heavy atom. The summed E-state index contributed by atoms with van der Waals surface area (Å²) in [7, 11) is 0. The van der Waals surface area contributed by atoms with Crippen LogP contribution in [0.4, 0.5) is 5.69 Å². The van der Waals surface area contributed by atoms with Gasteiger partial charge in [0.15, 0.2) is 6.61 Å². The molecule has 0 aliphatic carbocycles. The second-order valence-electron chi connectivity index (χ2n) is 4.08. The largest absolute Gasteiger partial charge is 0.482 e. The van der Waals surface area contributed by atoms with E-state index < -0.39 is 12.2 Å². The van der Waals surface area contributed by atoms with Gasteiger partial charge in [-0.05, 0) is 24.1 Å². The van der Waals surface area contributed by atoms with Crippen LogP contribution in [0.2, 0.25) is 0 Å². The van der Waals surface area contributed by atoms with E-state index in [-0.39, 0.29) is 18.4 Å². The van der Waals surface area contributed by atoms with E-state index in [4.69, 9.17) is 16.3 Å². The lowest BCUT2D eigenvalue weighted by Crippen LogP contribution is -2.26. The second-order valence-corrected chi connectivity index (χ2v) is 4.46. The molecule has 0 radical (unpaired) electrons. The van der Waals surface area contributed by atoms with Crippen LogP contribution in [0.3, 0.4) is 0 Å². The van der Waals surface area contributed by atoms with Crippen LogP contribution in [0.25, 0.3) is 0 Å². The van der Waals surface area contributed by atoms with Gasteiger partial charge in [-0.15, -0.1) is 11.6 Å². The highest BCUT2D eigenvalue weighted by molar-refractivity contribution is 6.17. The SMILES string of the molecule is O=C1COc2cc(C(O)C(O)CCCl)ccc2N1. The van der Waals surface area contributed by atoms with Crippen LogP contribution < -0.4 is 10.1 Å². The minimum absolute atomic E-state index is 0.0449. The van der Waals surface area contributed by atoms with Gasteiger partial charge in [0.2, 0.25) is 0 Å². The summed E-state index contributed by atoms with van der Waals surface area (Å²) in [6.07, 6.45) is -1.63. The number of halogens is 1. The van der Waals surface area contributed by atoms with Crippen LogP contribution in [-0.4, -0.2) is 34.7 Å². The van der Waals surface area contributed by atoms with Crippen molar-refractivity contribution in [3.05, 3.63) is 23.8 Å². The van der Waals surface area contributed by atoms with Gasteiger partial charge in [-0.3, -0.25) is 4.79 Å². The zero-order chi connectivity index (χ0) is 13.1. The molecule has 0 aromatic heterocycles. The predicted molar refractivity (Wildman–Crippen MR) is 66.9 cm³/mol. The van der Waals surface area contributed by atoms with Gasteiger partial charge in [-0.1, -0.05) is 6.07 Å². The lowest BCUT2D eigenvalue weighted by atomic mass is 10.0. The first kappa shape index (κ1) is 13.1. The number of ether oxygens (including phenoxy) is 1. The first-order valence-electron chi connectivity index (χ1n) is 5.60. The van der Waals surface area contributed by atoms with Gasteiger partial charge in [0, 0.05) is 5.88 Å². The fourth-order valence-corrected chi connectivity index (χ4v) is 1.99. The summed E-state index contributed by atoms with van der Waals surface area (Å²) in [6, 6.07) is 4.88. The van der Waals surface area contributed by atoms with Crippen LogP contribution in [0.1, 0.15) is 18.1 Å². The molecule has 1 heterocycles. The Morgan fingerprint density at radius 1 is 1.44 bits per heavy atom. The molecule has 1 amide bonds. The summed E-state index contributed by atoms with van der Waals surface area (Å²) in [6.45, 7) is -0.0449. The van der Waals surface area contributed by atoms with Gasteiger partial charge in [0.1, 0.15) is 11.9 Å². The first-order chi connectivity index (χ1) is 8.61. The molecule has 0 bridgehead atoms.